The highest BCUT2D eigenvalue weighted by molar-refractivity contribution is 7.13. The van der Waals surface area contributed by atoms with Crippen molar-refractivity contribution >= 4 is 16.5 Å². The molecule has 118 valence electrons. The monoisotopic (exact) mass is 316 g/mol. The van der Waals surface area contributed by atoms with E-state index in [0.717, 1.165) is 29.6 Å². The van der Waals surface area contributed by atoms with Crippen LogP contribution in [0.15, 0.2) is 35.8 Å². The summed E-state index contributed by atoms with van der Waals surface area (Å²) in [6.07, 6.45) is 5.21. The molecule has 0 spiro atoms. The fraction of sp³-hybridized carbons (Fsp3) is 0.500. The first-order chi connectivity index (χ1) is 10.7. The van der Waals surface area contributed by atoms with Crippen LogP contribution in [0.1, 0.15) is 56.4 Å². The van der Waals surface area contributed by atoms with Gasteiger partial charge in [0.25, 0.3) is 0 Å². The number of hydrogen-bond donors (Lipinski definition) is 1. The zero-order valence-corrected chi connectivity index (χ0v) is 14.1. The molecule has 0 bridgehead atoms. The SMILES string of the molecule is CCCN(c1nccs1)C(c1ccc(C(C)O)cc1)C1CC1. The lowest BCUT2D eigenvalue weighted by Crippen LogP contribution is -2.31. The molecule has 1 aromatic carbocycles. The first-order valence-electron chi connectivity index (χ1n) is 8.14. The van der Waals surface area contributed by atoms with Crippen molar-refractivity contribution in [3.8, 4) is 0 Å². The molecule has 0 amide bonds. The van der Waals surface area contributed by atoms with Gasteiger partial charge >= 0.3 is 0 Å². The maximum absolute atomic E-state index is 9.70. The molecule has 0 radical (unpaired) electrons. The number of hydrogen-bond acceptors (Lipinski definition) is 4. The van der Waals surface area contributed by atoms with Crippen LogP contribution in [0, 0.1) is 5.92 Å². The maximum Gasteiger partial charge on any atom is 0.185 e. The van der Waals surface area contributed by atoms with E-state index in [4.69, 9.17) is 0 Å². The van der Waals surface area contributed by atoms with Crippen LogP contribution in [0.25, 0.3) is 0 Å². The first-order valence-corrected chi connectivity index (χ1v) is 9.02. The summed E-state index contributed by atoms with van der Waals surface area (Å²) in [4.78, 5) is 7.01. The van der Waals surface area contributed by atoms with Crippen molar-refractivity contribution in [3.63, 3.8) is 0 Å². The van der Waals surface area contributed by atoms with Crippen LogP contribution in [0.4, 0.5) is 5.13 Å². The second-order valence-corrected chi connectivity index (χ2v) is 7.01. The third-order valence-electron chi connectivity index (χ3n) is 4.29. The molecule has 1 aliphatic carbocycles. The zero-order chi connectivity index (χ0) is 15.5. The summed E-state index contributed by atoms with van der Waals surface area (Å²) >= 11 is 1.72. The van der Waals surface area contributed by atoms with Crippen LogP contribution in [0.5, 0.6) is 0 Å². The van der Waals surface area contributed by atoms with Gasteiger partial charge in [0.1, 0.15) is 0 Å². The fourth-order valence-electron chi connectivity index (χ4n) is 3.04. The van der Waals surface area contributed by atoms with Crippen LogP contribution >= 0.6 is 11.3 Å². The van der Waals surface area contributed by atoms with Gasteiger partial charge in [-0.1, -0.05) is 31.2 Å². The fourth-order valence-corrected chi connectivity index (χ4v) is 3.75. The minimum atomic E-state index is -0.404. The first kappa shape index (κ1) is 15.5. The highest BCUT2D eigenvalue weighted by Crippen LogP contribution is 2.46. The van der Waals surface area contributed by atoms with E-state index in [1.807, 2.05) is 13.1 Å². The molecule has 1 fully saturated rings. The Labute approximate surface area is 136 Å². The molecule has 2 aromatic rings. The summed E-state index contributed by atoms with van der Waals surface area (Å²) < 4.78 is 0. The van der Waals surface area contributed by atoms with Crippen LogP contribution < -0.4 is 4.90 Å². The van der Waals surface area contributed by atoms with Crippen molar-refractivity contribution in [2.75, 3.05) is 11.4 Å². The average Bonchev–Trinajstić information content (AvgIpc) is 3.20. The predicted octanol–water partition coefficient (Wildman–Crippen LogP) is 4.56. The number of thiazole rings is 1. The summed E-state index contributed by atoms with van der Waals surface area (Å²) in [5, 5.41) is 12.9. The summed E-state index contributed by atoms with van der Waals surface area (Å²) in [6, 6.07) is 8.89. The molecule has 4 heteroatoms. The van der Waals surface area contributed by atoms with Gasteiger partial charge in [-0.3, -0.25) is 0 Å². The third-order valence-corrected chi connectivity index (χ3v) is 5.10. The van der Waals surface area contributed by atoms with Gasteiger partial charge in [0.2, 0.25) is 0 Å². The molecule has 1 N–H and O–H groups in total. The van der Waals surface area contributed by atoms with Gasteiger partial charge in [0, 0.05) is 18.1 Å². The molecule has 1 saturated carbocycles. The van der Waals surface area contributed by atoms with E-state index in [1.165, 1.54) is 18.4 Å². The maximum atomic E-state index is 9.70. The normalized spacial score (nSPS) is 17.2. The summed E-state index contributed by atoms with van der Waals surface area (Å²) in [5.74, 6) is 0.729. The number of aliphatic hydroxyl groups is 1. The Morgan fingerprint density at radius 3 is 2.45 bits per heavy atom. The second kappa shape index (κ2) is 6.80. The lowest BCUT2D eigenvalue weighted by Gasteiger charge is -2.32. The molecule has 2 unspecified atom stereocenters. The van der Waals surface area contributed by atoms with Crippen LogP contribution in [0.2, 0.25) is 0 Å². The topological polar surface area (TPSA) is 36.4 Å². The Bertz CT molecular complexity index is 576. The van der Waals surface area contributed by atoms with Crippen molar-refractivity contribution < 1.29 is 5.11 Å². The van der Waals surface area contributed by atoms with E-state index in [-0.39, 0.29) is 0 Å². The lowest BCUT2D eigenvalue weighted by molar-refractivity contribution is 0.199. The minimum absolute atomic E-state index is 0.404. The molecule has 0 aliphatic heterocycles. The third kappa shape index (κ3) is 3.33. The second-order valence-electron chi connectivity index (χ2n) is 6.13. The standard InChI is InChI=1S/C18H24N2OS/c1-3-11-20(18-19-10-12-22-18)17(16-8-9-16)15-6-4-14(5-7-15)13(2)21/h4-7,10,12-13,16-17,21H,3,8-9,11H2,1-2H3. The Hall–Kier alpha value is -1.39. The van der Waals surface area contributed by atoms with Gasteiger partial charge in [-0.05, 0) is 43.2 Å². The summed E-state index contributed by atoms with van der Waals surface area (Å²) in [6.45, 7) is 5.07. The molecule has 2 atom stereocenters. The van der Waals surface area contributed by atoms with Crippen molar-refractivity contribution in [1.82, 2.24) is 4.98 Å². The molecular formula is C18H24N2OS. The molecule has 1 aromatic heterocycles. The molecule has 1 heterocycles. The van der Waals surface area contributed by atoms with E-state index in [2.05, 4.69) is 46.5 Å². The molecule has 1 aliphatic rings. The van der Waals surface area contributed by atoms with Crippen LogP contribution in [-0.2, 0) is 0 Å². The number of nitrogens with zero attached hydrogens (tertiary/aromatic N) is 2. The zero-order valence-electron chi connectivity index (χ0n) is 13.3. The average molecular weight is 316 g/mol. The number of anilines is 1. The van der Waals surface area contributed by atoms with Gasteiger partial charge < -0.3 is 10.0 Å². The number of aromatic nitrogens is 1. The van der Waals surface area contributed by atoms with E-state index < -0.39 is 6.10 Å². The van der Waals surface area contributed by atoms with Gasteiger partial charge in [-0.15, -0.1) is 11.3 Å². The van der Waals surface area contributed by atoms with Crippen LogP contribution in [-0.4, -0.2) is 16.6 Å². The Balaban J connectivity index is 1.90. The van der Waals surface area contributed by atoms with Crippen molar-refractivity contribution in [3.05, 3.63) is 47.0 Å². The highest BCUT2D eigenvalue weighted by Gasteiger charge is 2.37. The molecule has 22 heavy (non-hydrogen) atoms. The van der Waals surface area contributed by atoms with Gasteiger partial charge in [-0.2, -0.15) is 0 Å². The minimum Gasteiger partial charge on any atom is -0.389 e. The summed E-state index contributed by atoms with van der Waals surface area (Å²) in [7, 11) is 0. The van der Waals surface area contributed by atoms with Crippen molar-refractivity contribution in [1.29, 1.82) is 0 Å². The molecule has 3 nitrogen and oxygen atoms in total. The Morgan fingerprint density at radius 1 is 1.27 bits per heavy atom. The Kier molecular flexibility index (Phi) is 4.79. The van der Waals surface area contributed by atoms with Gasteiger partial charge in [0.15, 0.2) is 5.13 Å². The van der Waals surface area contributed by atoms with Gasteiger partial charge in [-0.25, -0.2) is 4.98 Å². The summed E-state index contributed by atoms with van der Waals surface area (Å²) in [5.41, 5.74) is 2.32. The van der Waals surface area contributed by atoms with Crippen molar-refractivity contribution in [2.45, 2.75) is 45.3 Å². The van der Waals surface area contributed by atoms with Crippen LogP contribution in [0.3, 0.4) is 0 Å². The quantitative estimate of drug-likeness (QED) is 0.813. The molecule has 0 saturated heterocycles. The number of benzene rings is 1. The predicted molar refractivity (Wildman–Crippen MR) is 92.3 cm³/mol. The van der Waals surface area contributed by atoms with Crippen molar-refractivity contribution in [2.24, 2.45) is 5.92 Å². The highest BCUT2D eigenvalue weighted by atomic mass is 32.1. The van der Waals surface area contributed by atoms with E-state index in [0.29, 0.717) is 6.04 Å². The van der Waals surface area contributed by atoms with E-state index >= 15 is 0 Å². The smallest absolute Gasteiger partial charge is 0.185 e. The van der Waals surface area contributed by atoms with Gasteiger partial charge in [0.05, 0.1) is 12.1 Å². The Morgan fingerprint density at radius 2 is 1.95 bits per heavy atom. The molecular weight excluding hydrogens is 292 g/mol. The number of rotatable bonds is 7. The van der Waals surface area contributed by atoms with E-state index in [9.17, 15) is 5.11 Å². The van der Waals surface area contributed by atoms with E-state index in [1.54, 1.807) is 11.3 Å². The lowest BCUT2D eigenvalue weighted by atomic mass is 9.98. The molecule has 3 rings (SSSR count). The number of aliphatic hydroxyl groups excluding tert-OH is 1. The largest absolute Gasteiger partial charge is 0.389 e.